The van der Waals surface area contributed by atoms with E-state index in [1.807, 2.05) is 0 Å². The average Bonchev–Trinajstić information content (AvgIpc) is 1.83. The molecule has 0 radical (unpaired) electrons. The molecule has 0 fully saturated rings. The fraction of sp³-hybridized carbons (Fsp3) is 0.750. The van der Waals surface area contributed by atoms with Crippen LogP contribution in [0.15, 0.2) is 0 Å². The highest BCUT2D eigenvalue weighted by molar-refractivity contribution is 9.10. The molecule has 2 nitrogen and oxygen atoms in total. The van der Waals surface area contributed by atoms with Crippen LogP contribution in [0.3, 0.4) is 0 Å². The maximum absolute atomic E-state index is 11.6. The lowest BCUT2D eigenvalue weighted by atomic mass is 9.83. The van der Waals surface area contributed by atoms with Gasteiger partial charge in [0.25, 0.3) is 0 Å². The summed E-state index contributed by atoms with van der Waals surface area (Å²) >= 11 is 8.48. The molecule has 0 aliphatic heterocycles. The number of carbonyl (C=O) groups excluding carboxylic acids is 2. The van der Waals surface area contributed by atoms with Gasteiger partial charge in [0.1, 0.15) is 0 Å². The third-order valence-electron chi connectivity index (χ3n) is 1.60. The molecule has 0 aliphatic rings. The van der Waals surface area contributed by atoms with Gasteiger partial charge < -0.3 is 0 Å². The Morgan fingerprint density at radius 2 is 1.50 bits per heavy atom. The number of hydrogen-bond acceptors (Lipinski definition) is 2. The van der Waals surface area contributed by atoms with E-state index in [9.17, 15) is 9.59 Å². The maximum Gasteiger partial charge on any atom is 0.234 e. The molecule has 0 atom stereocenters. The Balaban J connectivity index is 4.83. The highest BCUT2D eigenvalue weighted by Crippen LogP contribution is 2.31. The van der Waals surface area contributed by atoms with Crippen molar-refractivity contribution in [1.82, 2.24) is 0 Å². The van der Waals surface area contributed by atoms with Crippen LogP contribution in [-0.4, -0.2) is 15.3 Å². The van der Waals surface area contributed by atoms with Gasteiger partial charge in [0, 0.05) is 0 Å². The first-order valence-electron chi connectivity index (χ1n) is 3.54. The summed E-state index contributed by atoms with van der Waals surface area (Å²) in [4.78, 5) is 22.5. The molecule has 0 bridgehead atoms. The van der Waals surface area contributed by atoms with Crippen molar-refractivity contribution in [2.45, 2.75) is 32.0 Å². The van der Waals surface area contributed by atoms with Gasteiger partial charge in [-0.3, -0.25) is 9.59 Å². The second-order valence-electron chi connectivity index (χ2n) is 3.70. The van der Waals surface area contributed by atoms with Gasteiger partial charge in [0.05, 0.1) is 9.74 Å². The summed E-state index contributed by atoms with van der Waals surface area (Å²) in [5, 5.41) is -0.625. The molecule has 0 heterocycles. The summed E-state index contributed by atoms with van der Waals surface area (Å²) in [7, 11) is 0. The molecule has 0 unspecified atom stereocenters. The smallest absolute Gasteiger partial charge is 0.234 e. The first-order valence-corrected chi connectivity index (χ1v) is 4.71. The lowest BCUT2D eigenvalue weighted by molar-refractivity contribution is -0.135. The molecule has 0 N–H and O–H groups in total. The number of ketones is 1. The van der Waals surface area contributed by atoms with E-state index in [0.717, 1.165) is 0 Å². The molecule has 0 rings (SSSR count). The van der Waals surface area contributed by atoms with Crippen molar-refractivity contribution < 1.29 is 9.59 Å². The third kappa shape index (κ3) is 2.56. The average molecular weight is 256 g/mol. The molecule has 0 aromatic heterocycles. The molecular formula is C8H12BrClO2. The van der Waals surface area contributed by atoms with E-state index in [1.54, 1.807) is 13.8 Å². The number of Topliss-reactive ketones (excluding diaryl/α,β-unsaturated/α-hetero) is 1. The molecular weight excluding hydrogens is 243 g/mol. The zero-order chi connectivity index (χ0) is 10.2. The van der Waals surface area contributed by atoms with E-state index in [2.05, 4.69) is 15.9 Å². The third-order valence-corrected chi connectivity index (χ3v) is 2.43. The molecule has 0 amide bonds. The summed E-state index contributed by atoms with van der Waals surface area (Å²) in [5.74, 6) is -0.213. The predicted octanol–water partition coefficient (Wildman–Crippen LogP) is 2.52. The standard InChI is InChI=1S/C8H12BrClO2/c1-7(2,6(10)12)5(11)8(3,4)9/h1-4H3. The number of alkyl halides is 1. The summed E-state index contributed by atoms with van der Waals surface area (Å²) in [6.45, 7) is 6.43. The lowest BCUT2D eigenvalue weighted by Crippen LogP contribution is -2.41. The second-order valence-corrected chi connectivity index (χ2v) is 6.03. The molecule has 0 aromatic rings. The Morgan fingerprint density at radius 1 is 1.17 bits per heavy atom. The van der Waals surface area contributed by atoms with Crippen LogP contribution >= 0.6 is 27.5 Å². The van der Waals surface area contributed by atoms with Crippen molar-refractivity contribution in [3.05, 3.63) is 0 Å². The van der Waals surface area contributed by atoms with E-state index in [-0.39, 0.29) is 5.78 Å². The minimum Gasteiger partial charge on any atom is -0.297 e. The highest BCUT2D eigenvalue weighted by atomic mass is 79.9. The highest BCUT2D eigenvalue weighted by Gasteiger charge is 2.41. The van der Waals surface area contributed by atoms with Crippen molar-refractivity contribution in [3.63, 3.8) is 0 Å². The summed E-state index contributed by atoms with van der Waals surface area (Å²) in [6, 6.07) is 0. The molecule has 12 heavy (non-hydrogen) atoms. The van der Waals surface area contributed by atoms with Gasteiger partial charge in [-0.1, -0.05) is 15.9 Å². The summed E-state index contributed by atoms with van der Waals surface area (Å²) < 4.78 is -0.707. The van der Waals surface area contributed by atoms with Crippen LogP contribution in [0.2, 0.25) is 0 Å². The fourth-order valence-corrected chi connectivity index (χ4v) is 1.41. The maximum atomic E-state index is 11.6. The van der Waals surface area contributed by atoms with Gasteiger partial charge in [-0.25, -0.2) is 0 Å². The molecule has 70 valence electrons. The minimum absolute atomic E-state index is 0.213. The van der Waals surface area contributed by atoms with Crippen molar-refractivity contribution in [2.75, 3.05) is 0 Å². The van der Waals surface area contributed by atoms with Gasteiger partial charge in [-0.05, 0) is 39.3 Å². The SMILES string of the molecule is CC(C)(Br)C(=O)C(C)(C)C(=O)Cl. The normalized spacial score (nSPS) is 12.8. The molecule has 0 saturated heterocycles. The largest absolute Gasteiger partial charge is 0.297 e. The molecule has 0 aliphatic carbocycles. The van der Waals surface area contributed by atoms with Crippen LogP contribution in [0.4, 0.5) is 0 Å². The van der Waals surface area contributed by atoms with Crippen molar-refractivity contribution in [1.29, 1.82) is 0 Å². The molecule has 4 heteroatoms. The van der Waals surface area contributed by atoms with E-state index in [1.165, 1.54) is 13.8 Å². The topological polar surface area (TPSA) is 34.1 Å². The van der Waals surface area contributed by atoms with Crippen molar-refractivity contribution in [3.8, 4) is 0 Å². The van der Waals surface area contributed by atoms with Crippen LogP contribution in [-0.2, 0) is 9.59 Å². The Bertz CT molecular complexity index is 216. The van der Waals surface area contributed by atoms with E-state index in [4.69, 9.17) is 11.6 Å². The minimum atomic E-state index is -1.12. The van der Waals surface area contributed by atoms with Crippen LogP contribution in [0, 0.1) is 5.41 Å². The van der Waals surface area contributed by atoms with E-state index in [0.29, 0.717) is 0 Å². The fourth-order valence-electron chi connectivity index (χ4n) is 0.832. The van der Waals surface area contributed by atoms with E-state index < -0.39 is 15.0 Å². The van der Waals surface area contributed by atoms with Crippen molar-refractivity contribution >= 4 is 38.6 Å². The van der Waals surface area contributed by atoms with Gasteiger partial charge in [0.15, 0.2) is 5.78 Å². The first-order chi connectivity index (χ1) is 5.10. The van der Waals surface area contributed by atoms with Crippen LogP contribution in [0.25, 0.3) is 0 Å². The Kier molecular flexibility index (Phi) is 3.49. The zero-order valence-electron chi connectivity index (χ0n) is 7.57. The molecule has 0 aromatic carbocycles. The summed E-state index contributed by atoms with van der Waals surface area (Å²) in [5.41, 5.74) is -1.12. The zero-order valence-corrected chi connectivity index (χ0v) is 9.91. The number of rotatable bonds is 3. The molecule has 0 spiro atoms. The van der Waals surface area contributed by atoms with Crippen molar-refractivity contribution in [2.24, 2.45) is 5.41 Å². The van der Waals surface area contributed by atoms with Gasteiger partial charge in [0.2, 0.25) is 5.24 Å². The Morgan fingerprint density at radius 3 is 1.58 bits per heavy atom. The lowest BCUT2D eigenvalue weighted by Gasteiger charge is -2.25. The Hall–Kier alpha value is 0.110. The van der Waals surface area contributed by atoms with Crippen LogP contribution in [0.5, 0.6) is 0 Å². The van der Waals surface area contributed by atoms with Gasteiger partial charge in [-0.15, -0.1) is 0 Å². The van der Waals surface area contributed by atoms with Crippen LogP contribution < -0.4 is 0 Å². The number of carbonyl (C=O) groups is 2. The Labute approximate surface area is 85.8 Å². The molecule has 0 saturated carbocycles. The van der Waals surface area contributed by atoms with Gasteiger partial charge >= 0.3 is 0 Å². The first kappa shape index (κ1) is 12.1. The van der Waals surface area contributed by atoms with Crippen LogP contribution in [0.1, 0.15) is 27.7 Å². The summed E-state index contributed by atoms with van der Waals surface area (Å²) in [6.07, 6.45) is 0. The van der Waals surface area contributed by atoms with Gasteiger partial charge in [-0.2, -0.15) is 0 Å². The quantitative estimate of drug-likeness (QED) is 0.441. The number of hydrogen-bond donors (Lipinski definition) is 0. The second kappa shape index (κ2) is 3.46. The monoisotopic (exact) mass is 254 g/mol. The van der Waals surface area contributed by atoms with E-state index >= 15 is 0 Å². The number of halogens is 2. The predicted molar refractivity (Wildman–Crippen MR) is 52.7 cm³/mol.